The summed E-state index contributed by atoms with van der Waals surface area (Å²) in [6.45, 7) is 11.2. The molecule has 0 aromatic rings. The first kappa shape index (κ1) is 16.0. The monoisotopic (exact) mass is 254 g/mol. The van der Waals surface area contributed by atoms with Crippen LogP contribution in [0.25, 0.3) is 0 Å². The van der Waals surface area contributed by atoms with Crippen LogP contribution in [0.5, 0.6) is 0 Å². The molecule has 1 saturated carbocycles. The summed E-state index contributed by atoms with van der Waals surface area (Å²) in [5.41, 5.74) is 6.82. The highest BCUT2D eigenvalue weighted by atomic mass is 14.9. The molecule has 0 amide bonds. The van der Waals surface area contributed by atoms with Crippen molar-refractivity contribution in [1.29, 1.82) is 0 Å². The second-order valence-electron chi connectivity index (χ2n) is 7.31. The third-order valence-corrected chi connectivity index (χ3v) is 4.36. The van der Waals surface area contributed by atoms with Crippen LogP contribution in [0.2, 0.25) is 0 Å². The first-order valence-corrected chi connectivity index (χ1v) is 7.89. The van der Waals surface area contributed by atoms with Crippen molar-refractivity contribution in [1.82, 2.24) is 5.32 Å². The van der Waals surface area contributed by atoms with E-state index >= 15 is 0 Å². The van der Waals surface area contributed by atoms with E-state index in [9.17, 15) is 0 Å². The van der Waals surface area contributed by atoms with E-state index in [-0.39, 0.29) is 5.54 Å². The van der Waals surface area contributed by atoms with Crippen molar-refractivity contribution in [2.45, 2.75) is 78.2 Å². The Morgan fingerprint density at radius 1 is 1.28 bits per heavy atom. The fourth-order valence-corrected chi connectivity index (χ4v) is 3.72. The summed E-state index contributed by atoms with van der Waals surface area (Å²) in [7, 11) is 0. The topological polar surface area (TPSA) is 38.0 Å². The molecular weight excluding hydrogens is 220 g/mol. The van der Waals surface area contributed by atoms with E-state index < -0.39 is 0 Å². The lowest BCUT2D eigenvalue weighted by atomic mass is 9.78. The van der Waals surface area contributed by atoms with E-state index in [2.05, 4.69) is 33.0 Å². The number of hydrogen-bond acceptors (Lipinski definition) is 2. The average Bonchev–Trinajstić information content (AvgIpc) is 2.64. The third-order valence-electron chi connectivity index (χ3n) is 4.36. The average molecular weight is 254 g/mol. The standard InChI is InChI=1S/C16H34N2/c1-5-8-15(4,17)12-18-13-16(11-14(2)3)9-6-7-10-16/h14,18H,5-13,17H2,1-4H3. The number of rotatable bonds is 8. The first-order valence-electron chi connectivity index (χ1n) is 7.89. The SMILES string of the molecule is CCCC(C)(N)CNCC1(CC(C)C)CCCC1. The molecule has 1 aliphatic carbocycles. The van der Waals surface area contributed by atoms with Gasteiger partial charge in [0.25, 0.3) is 0 Å². The molecular formula is C16H34N2. The molecule has 1 aliphatic rings. The quantitative estimate of drug-likeness (QED) is 0.693. The lowest BCUT2D eigenvalue weighted by molar-refractivity contribution is 0.216. The van der Waals surface area contributed by atoms with Gasteiger partial charge in [-0.15, -0.1) is 0 Å². The molecule has 2 nitrogen and oxygen atoms in total. The highest BCUT2D eigenvalue weighted by molar-refractivity contribution is 4.89. The Hall–Kier alpha value is -0.0800. The predicted octanol–water partition coefficient (Wildman–Crippen LogP) is 3.70. The molecule has 0 radical (unpaired) electrons. The molecule has 0 bridgehead atoms. The fourth-order valence-electron chi connectivity index (χ4n) is 3.72. The van der Waals surface area contributed by atoms with E-state index in [4.69, 9.17) is 5.73 Å². The van der Waals surface area contributed by atoms with Crippen molar-refractivity contribution in [2.75, 3.05) is 13.1 Å². The van der Waals surface area contributed by atoms with Crippen LogP contribution in [0.3, 0.4) is 0 Å². The normalized spacial score (nSPS) is 22.3. The van der Waals surface area contributed by atoms with Crippen molar-refractivity contribution < 1.29 is 0 Å². The number of nitrogens with two attached hydrogens (primary N) is 1. The molecule has 0 saturated heterocycles. The third kappa shape index (κ3) is 5.27. The van der Waals surface area contributed by atoms with Crippen molar-refractivity contribution in [3.8, 4) is 0 Å². The van der Waals surface area contributed by atoms with Crippen molar-refractivity contribution in [2.24, 2.45) is 17.1 Å². The van der Waals surface area contributed by atoms with Gasteiger partial charge in [0.15, 0.2) is 0 Å². The van der Waals surface area contributed by atoms with Crippen LogP contribution in [-0.4, -0.2) is 18.6 Å². The molecule has 0 aromatic heterocycles. The van der Waals surface area contributed by atoms with Gasteiger partial charge in [-0.1, -0.05) is 40.0 Å². The van der Waals surface area contributed by atoms with E-state index in [1.54, 1.807) is 0 Å². The minimum absolute atomic E-state index is 0.0353. The van der Waals surface area contributed by atoms with Gasteiger partial charge in [-0.05, 0) is 43.9 Å². The van der Waals surface area contributed by atoms with Crippen molar-refractivity contribution >= 4 is 0 Å². The molecule has 0 aromatic carbocycles. The Morgan fingerprint density at radius 2 is 1.89 bits per heavy atom. The lowest BCUT2D eigenvalue weighted by Gasteiger charge is -2.33. The minimum Gasteiger partial charge on any atom is -0.324 e. The zero-order valence-electron chi connectivity index (χ0n) is 13.0. The molecule has 1 unspecified atom stereocenters. The highest BCUT2D eigenvalue weighted by Crippen LogP contribution is 2.42. The molecule has 1 fully saturated rings. The summed E-state index contributed by atoms with van der Waals surface area (Å²) in [5.74, 6) is 0.810. The van der Waals surface area contributed by atoms with E-state index in [1.807, 2.05) is 0 Å². The zero-order valence-corrected chi connectivity index (χ0v) is 13.0. The Balaban J connectivity index is 2.39. The van der Waals surface area contributed by atoms with Gasteiger partial charge in [0.1, 0.15) is 0 Å². The summed E-state index contributed by atoms with van der Waals surface area (Å²) in [6.07, 6.45) is 9.31. The lowest BCUT2D eigenvalue weighted by Crippen LogP contribution is -2.48. The van der Waals surface area contributed by atoms with Gasteiger partial charge in [0.2, 0.25) is 0 Å². The van der Waals surface area contributed by atoms with Crippen LogP contribution < -0.4 is 11.1 Å². The Bertz CT molecular complexity index is 227. The molecule has 1 rings (SSSR count). The molecule has 2 heteroatoms. The summed E-state index contributed by atoms with van der Waals surface area (Å²) >= 11 is 0. The van der Waals surface area contributed by atoms with E-state index in [1.165, 1.54) is 45.1 Å². The maximum absolute atomic E-state index is 6.29. The van der Waals surface area contributed by atoms with Crippen LogP contribution in [0, 0.1) is 11.3 Å². The van der Waals surface area contributed by atoms with Crippen LogP contribution in [0.1, 0.15) is 72.6 Å². The van der Waals surface area contributed by atoms with Crippen LogP contribution in [-0.2, 0) is 0 Å². The molecule has 108 valence electrons. The number of nitrogens with one attached hydrogen (secondary N) is 1. The first-order chi connectivity index (χ1) is 8.39. The van der Waals surface area contributed by atoms with Gasteiger partial charge < -0.3 is 11.1 Å². The molecule has 0 aliphatic heterocycles. The van der Waals surface area contributed by atoms with Crippen molar-refractivity contribution in [3.63, 3.8) is 0 Å². The minimum atomic E-state index is -0.0353. The Kier molecular flexibility index (Phi) is 6.13. The van der Waals surface area contributed by atoms with E-state index in [0.29, 0.717) is 5.41 Å². The van der Waals surface area contributed by atoms with Gasteiger partial charge in [-0.25, -0.2) is 0 Å². The molecule has 1 atom stereocenters. The Labute approximate surface area is 114 Å². The van der Waals surface area contributed by atoms with Gasteiger partial charge in [-0.2, -0.15) is 0 Å². The highest BCUT2D eigenvalue weighted by Gasteiger charge is 2.34. The number of hydrogen-bond donors (Lipinski definition) is 2. The molecule has 0 heterocycles. The maximum Gasteiger partial charge on any atom is 0.0252 e. The maximum atomic E-state index is 6.29. The zero-order chi connectivity index (χ0) is 13.6. The van der Waals surface area contributed by atoms with Gasteiger partial charge >= 0.3 is 0 Å². The summed E-state index contributed by atoms with van der Waals surface area (Å²) in [4.78, 5) is 0. The van der Waals surface area contributed by atoms with Crippen molar-refractivity contribution in [3.05, 3.63) is 0 Å². The second kappa shape index (κ2) is 6.91. The predicted molar refractivity (Wildman–Crippen MR) is 80.7 cm³/mol. The smallest absolute Gasteiger partial charge is 0.0252 e. The summed E-state index contributed by atoms with van der Waals surface area (Å²) in [5, 5.41) is 3.67. The fraction of sp³-hybridized carbons (Fsp3) is 1.00. The van der Waals surface area contributed by atoms with Gasteiger partial charge in [0.05, 0.1) is 0 Å². The van der Waals surface area contributed by atoms with Crippen LogP contribution in [0.15, 0.2) is 0 Å². The summed E-state index contributed by atoms with van der Waals surface area (Å²) < 4.78 is 0. The Morgan fingerprint density at radius 3 is 2.39 bits per heavy atom. The summed E-state index contributed by atoms with van der Waals surface area (Å²) in [6, 6.07) is 0. The molecule has 3 N–H and O–H groups in total. The van der Waals surface area contributed by atoms with Crippen LogP contribution >= 0.6 is 0 Å². The van der Waals surface area contributed by atoms with Gasteiger partial charge in [-0.3, -0.25) is 0 Å². The van der Waals surface area contributed by atoms with E-state index in [0.717, 1.165) is 18.9 Å². The molecule has 0 spiro atoms. The second-order valence-corrected chi connectivity index (χ2v) is 7.31. The molecule has 18 heavy (non-hydrogen) atoms. The van der Waals surface area contributed by atoms with Crippen LogP contribution in [0.4, 0.5) is 0 Å². The van der Waals surface area contributed by atoms with Gasteiger partial charge in [0, 0.05) is 18.6 Å². The largest absolute Gasteiger partial charge is 0.324 e.